The molecule has 2 aromatic heterocycles. The summed E-state index contributed by atoms with van der Waals surface area (Å²) in [5, 5.41) is 0.759. The Morgan fingerprint density at radius 1 is 1.31 bits per heavy atom. The van der Waals surface area contributed by atoms with Gasteiger partial charge in [-0.05, 0) is 47.2 Å². The van der Waals surface area contributed by atoms with Crippen LogP contribution in [0.25, 0.3) is 11.2 Å². The van der Waals surface area contributed by atoms with Crippen LogP contribution in [0.3, 0.4) is 0 Å². The summed E-state index contributed by atoms with van der Waals surface area (Å²) in [7, 11) is 1.64. The lowest BCUT2D eigenvalue weighted by Crippen LogP contribution is -2.04. The summed E-state index contributed by atoms with van der Waals surface area (Å²) in [4.78, 5) is 14.0. The molecule has 134 valence electrons. The van der Waals surface area contributed by atoms with E-state index < -0.39 is 0 Å². The highest BCUT2D eigenvalue weighted by atomic mass is 127. The summed E-state index contributed by atoms with van der Waals surface area (Å²) in [5.41, 5.74) is 12.9. The van der Waals surface area contributed by atoms with E-state index in [9.17, 15) is 0 Å². The van der Waals surface area contributed by atoms with Gasteiger partial charge in [-0.2, -0.15) is 9.97 Å². The van der Waals surface area contributed by atoms with Crippen LogP contribution in [-0.2, 0) is 6.54 Å². The molecule has 0 saturated heterocycles. The molecule has 1 aromatic carbocycles. The second kappa shape index (κ2) is 8.01. The minimum atomic E-state index is 0.126. The summed E-state index contributed by atoms with van der Waals surface area (Å²) >= 11 is 3.80. The zero-order chi connectivity index (χ0) is 18.7. The molecule has 0 spiro atoms. The van der Waals surface area contributed by atoms with Gasteiger partial charge in [-0.25, -0.2) is 4.98 Å². The number of rotatable bonds is 6. The SMILES string of the molecule is C#CCCCn1c(Sc2cc(OC)ccc2I)nc2c(N)nc(N)nc21. The van der Waals surface area contributed by atoms with Gasteiger partial charge < -0.3 is 20.8 Å². The first-order chi connectivity index (χ1) is 12.5. The van der Waals surface area contributed by atoms with Crippen LogP contribution < -0.4 is 16.2 Å². The van der Waals surface area contributed by atoms with Gasteiger partial charge in [0.1, 0.15) is 5.75 Å². The van der Waals surface area contributed by atoms with Gasteiger partial charge in [0.2, 0.25) is 5.95 Å². The standard InChI is InChI=1S/C17H17IN6OS/c1-3-4-5-8-24-15-13(14(19)22-16(20)23-15)21-17(24)26-12-9-10(25-2)6-7-11(12)18/h1,6-7,9H,4-5,8H2,2H3,(H4,19,20,22,23). The lowest BCUT2D eigenvalue weighted by atomic mass is 10.3. The summed E-state index contributed by atoms with van der Waals surface area (Å²) in [6.45, 7) is 0.666. The molecule has 0 saturated carbocycles. The monoisotopic (exact) mass is 480 g/mol. The number of fused-ring (bicyclic) bond motifs is 1. The summed E-state index contributed by atoms with van der Waals surface area (Å²) in [6.07, 6.45) is 6.85. The van der Waals surface area contributed by atoms with E-state index >= 15 is 0 Å². The minimum Gasteiger partial charge on any atom is -0.497 e. The van der Waals surface area contributed by atoms with E-state index in [4.69, 9.17) is 22.6 Å². The Hall–Kier alpha value is -2.19. The number of halogens is 1. The largest absolute Gasteiger partial charge is 0.497 e. The second-order valence-corrected chi connectivity index (χ2v) is 7.56. The third-order valence-electron chi connectivity index (χ3n) is 3.65. The van der Waals surface area contributed by atoms with Crippen molar-refractivity contribution in [3.63, 3.8) is 0 Å². The average Bonchev–Trinajstić information content (AvgIpc) is 2.95. The number of aromatic nitrogens is 4. The Morgan fingerprint density at radius 3 is 2.85 bits per heavy atom. The number of imidazole rings is 1. The van der Waals surface area contributed by atoms with Crippen molar-refractivity contribution in [1.82, 2.24) is 19.5 Å². The molecule has 0 atom stereocenters. The number of nitrogens with zero attached hydrogens (tertiary/aromatic N) is 4. The predicted octanol–water partition coefficient (Wildman–Crippen LogP) is 3.17. The summed E-state index contributed by atoms with van der Waals surface area (Å²) in [6, 6.07) is 5.89. The molecule has 0 fully saturated rings. The van der Waals surface area contributed by atoms with E-state index in [1.807, 2.05) is 22.8 Å². The molecule has 0 radical (unpaired) electrons. The summed E-state index contributed by atoms with van der Waals surface area (Å²) in [5.74, 6) is 3.83. The molecule has 3 aromatic rings. The zero-order valence-corrected chi connectivity index (χ0v) is 17.0. The van der Waals surface area contributed by atoms with Gasteiger partial charge in [0.25, 0.3) is 0 Å². The number of anilines is 2. The normalized spacial score (nSPS) is 10.8. The van der Waals surface area contributed by atoms with Crippen molar-refractivity contribution in [2.24, 2.45) is 0 Å². The number of hydrogen-bond donors (Lipinski definition) is 2. The molecular weight excluding hydrogens is 463 g/mol. The first-order valence-electron chi connectivity index (χ1n) is 7.77. The molecule has 0 aliphatic carbocycles. The fourth-order valence-electron chi connectivity index (χ4n) is 2.43. The number of hydrogen-bond acceptors (Lipinski definition) is 7. The van der Waals surface area contributed by atoms with Crippen molar-refractivity contribution in [3.8, 4) is 18.1 Å². The number of aryl methyl sites for hydroxylation is 1. The molecule has 7 nitrogen and oxygen atoms in total. The van der Waals surface area contributed by atoms with Gasteiger partial charge in [-0.1, -0.05) is 11.8 Å². The van der Waals surface area contributed by atoms with Crippen molar-refractivity contribution in [3.05, 3.63) is 21.8 Å². The van der Waals surface area contributed by atoms with Crippen LogP contribution >= 0.6 is 34.4 Å². The Labute approximate surface area is 169 Å². The highest BCUT2D eigenvalue weighted by Gasteiger charge is 2.18. The lowest BCUT2D eigenvalue weighted by Gasteiger charge is -2.09. The minimum absolute atomic E-state index is 0.126. The number of methoxy groups -OCH3 is 1. The molecule has 0 aliphatic heterocycles. The van der Waals surface area contributed by atoms with Gasteiger partial charge in [0, 0.05) is 21.4 Å². The van der Waals surface area contributed by atoms with Gasteiger partial charge in [0.15, 0.2) is 22.1 Å². The van der Waals surface area contributed by atoms with Gasteiger partial charge in [-0.15, -0.1) is 12.3 Å². The Bertz CT molecular complexity index is 997. The highest BCUT2D eigenvalue weighted by Crippen LogP contribution is 2.35. The van der Waals surface area contributed by atoms with Crippen molar-refractivity contribution < 1.29 is 4.74 Å². The topological polar surface area (TPSA) is 105 Å². The summed E-state index contributed by atoms with van der Waals surface area (Å²) < 4.78 is 8.41. The first-order valence-corrected chi connectivity index (χ1v) is 9.67. The fraction of sp³-hybridized carbons (Fsp3) is 0.235. The molecular formula is C17H17IN6OS. The predicted molar refractivity (Wildman–Crippen MR) is 112 cm³/mol. The van der Waals surface area contributed by atoms with E-state index in [2.05, 4.69) is 43.5 Å². The maximum Gasteiger partial charge on any atom is 0.224 e. The molecule has 4 N–H and O–H groups in total. The molecule has 0 aliphatic rings. The van der Waals surface area contributed by atoms with Crippen LogP contribution in [0.15, 0.2) is 28.3 Å². The quantitative estimate of drug-likeness (QED) is 0.317. The van der Waals surface area contributed by atoms with E-state index in [1.54, 1.807) is 7.11 Å². The lowest BCUT2D eigenvalue weighted by molar-refractivity contribution is 0.413. The zero-order valence-electron chi connectivity index (χ0n) is 14.1. The molecule has 9 heteroatoms. The third kappa shape index (κ3) is 3.81. The molecule has 0 bridgehead atoms. The fourth-order valence-corrected chi connectivity index (χ4v) is 4.05. The first kappa shape index (κ1) is 18.6. The number of terminal acetylenes is 1. The van der Waals surface area contributed by atoms with Crippen molar-refractivity contribution in [2.45, 2.75) is 29.4 Å². The van der Waals surface area contributed by atoms with Crippen LogP contribution in [0.5, 0.6) is 5.75 Å². The van der Waals surface area contributed by atoms with Crippen molar-refractivity contribution in [2.75, 3.05) is 18.6 Å². The van der Waals surface area contributed by atoms with E-state index in [0.717, 1.165) is 25.8 Å². The van der Waals surface area contributed by atoms with Crippen LogP contribution in [0.1, 0.15) is 12.8 Å². The van der Waals surface area contributed by atoms with E-state index in [-0.39, 0.29) is 11.8 Å². The second-order valence-electron chi connectivity index (χ2n) is 5.39. The molecule has 0 amide bonds. The molecule has 26 heavy (non-hydrogen) atoms. The maximum atomic E-state index is 5.99. The van der Waals surface area contributed by atoms with Gasteiger partial charge in [-0.3, -0.25) is 0 Å². The van der Waals surface area contributed by atoms with Gasteiger partial charge in [0.05, 0.1) is 7.11 Å². The molecule has 2 heterocycles. The van der Waals surface area contributed by atoms with Crippen molar-refractivity contribution in [1.29, 1.82) is 0 Å². The number of ether oxygens (including phenoxy) is 1. The number of nitrogen functional groups attached to an aromatic ring is 2. The number of unbranched alkanes of at least 4 members (excludes halogenated alkanes) is 1. The smallest absolute Gasteiger partial charge is 0.224 e. The highest BCUT2D eigenvalue weighted by molar-refractivity contribution is 14.1. The molecule has 3 rings (SSSR count). The van der Waals surface area contributed by atoms with Crippen LogP contribution in [0.4, 0.5) is 11.8 Å². The maximum absolute atomic E-state index is 5.99. The van der Waals surface area contributed by atoms with Crippen LogP contribution in [0, 0.1) is 15.9 Å². The Balaban J connectivity index is 2.08. The van der Waals surface area contributed by atoms with Crippen LogP contribution in [0.2, 0.25) is 0 Å². The average molecular weight is 480 g/mol. The van der Waals surface area contributed by atoms with Crippen molar-refractivity contribution >= 4 is 57.3 Å². The Morgan fingerprint density at radius 2 is 2.12 bits per heavy atom. The van der Waals surface area contributed by atoms with Gasteiger partial charge >= 0.3 is 0 Å². The molecule has 0 unspecified atom stereocenters. The van der Waals surface area contributed by atoms with E-state index in [0.29, 0.717) is 24.1 Å². The number of benzene rings is 1. The van der Waals surface area contributed by atoms with E-state index in [1.165, 1.54) is 11.8 Å². The Kier molecular flexibility index (Phi) is 5.73. The number of nitrogens with two attached hydrogens (primary N) is 2. The third-order valence-corrected chi connectivity index (χ3v) is 6.00. The van der Waals surface area contributed by atoms with Crippen LogP contribution in [-0.4, -0.2) is 26.6 Å².